The highest BCUT2D eigenvalue weighted by atomic mass is 32.1. The van der Waals surface area contributed by atoms with Crippen molar-refractivity contribution < 1.29 is 18.0 Å². The lowest BCUT2D eigenvalue weighted by Crippen LogP contribution is -2.17. The van der Waals surface area contributed by atoms with Gasteiger partial charge in [-0.15, -0.1) is 10.2 Å². The number of carbonyl (C=O) groups excluding carboxylic acids is 1. The second-order valence-corrected chi connectivity index (χ2v) is 9.49. The fourth-order valence-electron chi connectivity index (χ4n) is 4.34. The van der Waals surface area contributed by atoms with E-state index in [-0.39, 0.29) is 11.3 Å². The van der Waals surface area contributed by atoms with Gasteiger partial charge in [-0.2, -0.15) is 23.1 Å². The van der Waals surface area contributed by atoms with Crippen LogP contribution in [0.4, 0.5) is 29.8 Å². The number of rotatable bonds is 4. The van der Waals surface area contributed by atoms with Gasteiger partial charge < -0.3 is 15.2 Å². The zero-order valence-electron chi connectivity index (χ0n) is 20.2. The molecule has 0 atom stereocenters. The van der Waals surface area contributed by atoms with Crippen molar-refractivity contribution in [2.24, 2.45) is 4.99 Å². The van der Waals surface area contributed by atoms with Gasteiger partial charge in [-0.1, -0.05) is 17.4 Å². The summed E-state index contributed by atoms with van der Waals surface area (Å²) in [6, 6.07) is 8.81. The zero-order chi connectivity index (χ0) is 27.1. The number of halogens is 3. The summed E-state index contributed by atoms with van der Waals surface area (Å²) in [5.41, 5.74) is 4.41. The summed E-state index contributed by atoms with van der Waals surface area (Å²) in [7, 11) is 0. The monoisotopic (exact) mass is 549 g/mol. The normalized spacial score (nSPS) is 13.4. The van der Waals surface area contributed by atoms with E-state index in [1.54, 1.807) is 23.8 Å². The Morgan fingerprint density at radius 2 is 2.03 bits per heavy atom. The number of fused-ring (bicyclic) bond motifs is 3. The maximum absolute atomic E-state index is 13.1. The van der Waals surface area contributed by atoms with Crippen LogP contribution in [0, 0.1) is 6.92 Å². The standard InChI is InChI=1S/C25H18F3N9OS/c1-13-2-3-16(33-22(38)19-9-15(4-5-29-19)25(26,27)28)10-17(13)18-8-14-11-31-23(35-24-36-32-12-39-24)34-20(14)37-7-6-30-21(18)37/h2-5,8-12,30H,6-7H2,1H3,(H,33,38). The predicted octanol–water partition coefficient (Wildman–Crippen LogP) is 4.53. The van der Waals surface area contributed by atoms with Gasteiger partial charge in [-0.05, 0) is 48.4 Å². The molecule has 196 valence electrons. The number of nitrogens with one attached hydrogen (secondary N) is 2. The summed E-state index contributed by atoms with van der Waals surface area (Å²) in [5, 5.41) is 14.2. The van der Waals surface area contributed by atoms with Crippen LogP contribution in [0.5, 0.6) is 0 Å². The number of aryl methyl sites for hydroxylation is 1. The highest BCUT2D eigenvalue weighted by Crippen LogP contribution is 2.39. The summed E-state index contributed by atoms with van der Waals surface area (Å²) in [6.07, 6.45) is -1.92. The Bertz CT molecular complexity index is 1750. The van der Waals surface area contributed by atoms with Gasteiger partial charge in [-0.25, -0.2) is 4.98 Å². The average molecular weight is 550 g/mol. The first-order valence-electron chi connectivity index (χ1n) is 11.7. The largest absolute Gasteiger partial charge is 0.416 e. The van der Waals surface area contributed by atoms with Crippen LogP contribution in [0.25, 0.3) is 22.5 Å². The van der Waals surface area contributed by atoms with Gasteiger partial charge in [-0.3, -0.25) is 9.78 Å². The fraction of sp³-hybridized carbons (Fsp3) is 0.160. The molecular weight excluding hydrogens is 531 g/mol. The molecule has 0 spiro atoms. The van der Waals surface area contributed by atoms with E-state index < -0.39 is 17.6 Å². The van der Waals surface area contributed by atoms with Crippen LogP contribution in [0.3, 0.4) is 0 Å². The topological polar surface area (TPSA) is 123 Å². The number of aromatic nitrogens is 6. The SMILES string of the molecule is Cc1ccc(NC(=O)c2cc(C(F)(F)F)ccn2)cc1-c1cc2cnc(=Nc3nncs3)nc-2n2c1NCC2. The number of alkyl halides is 3. The van der Waals surface area contributed by atoms with E-state index in [9.17, 15) is 18.0 Å². The number of hydrogen-bond acceptors (Lipinski definition) is 9. The van der Waals surface area contributed by atoms with Gasteiger partial charge in [0.05, 0.1) is 5.56 Å². The molecule has 3 aliphatic rings. The van der Waals surface area contributed by atoms with Crippen molar-refractivity contribution in [2.75, 3.05) is 17.2 Å². The Labute approximate surface area is 222 Å². The Kier molecular flexibility index (Phi) is 6.02. The zero-order valence-corrected chi connectivity index (χ0v) is 21.0. The number of nitrogens with zero attached hydrogens (tertiary/aromatic N) is 7. The predicted molar refractivity (Wildman–Crippen MR) is 138 cm³/mol. The molecule has 1 amide bonds. The number of carbonyl (C=O) groups is 1. The molecule has 0 bridgehead atoms. The van der Waals surface area contributed by atoms with Crippen molar-refractivity contribution in [3.63, 3.8) is 0 Å². The van der Waals surface area contributed by atoms with Crippen molar-refractivity contribution in [1.29, 1.82) is 0 Å². The molecule has 0 saturated carbocycles. The number of benzene rings is 1. The van der Waals surface area contributed by atoms with Crippen LogP contribution in [0.1, 0.15) is 21.6 Å². The van der Waals surface area contributed by atoms with E-state index in [1.165, 1.54) is 11.3 Å². The van der Waals surface area contributed by atoms with E-state index >= 15 is 0 Å². The Morgan fingerprint density at radius 1 is 1.15 bits per heavy atom. The molecule has 6 rings (SSSR count). The van der Waals surface area contributed by atoms with Crippen LogP contribution in [0.15, 0.2) is 59.3 Å². The lowest BCUT2D eigenvalue weighted by atomic mass is 9.98. The smallest absolute Gasteiger partial charge is 0.369 e. The van der Waals surface area contributed by atoms with Crippen LogP contribution in [-0.4, -0.2) is 42.2 Å². The third kappa shape index (κ3) is 4.81. The van der Waals surface area contributed by atoms with Crippen LogP contribution >= 0.6 is 11.3 Å². The van der Waals surface area contributed by atoms with E-state index in [0.717, 1.165) is 46.4 Å². The van der Waals surface area contributed by atoms with Crippen LogP contribution in [-0.2, 0) is 12.7 Å². The van der Waals surface area contributed by atoms with Crippen molar-refractivity contribution in [3.05, 3.63) is 76.7 Å². The van der Waals surface area contributed by atoms with E-state index in [4.69, 9.17) is 0 Å². The first kappa shape index (κ1) is 24.6. The van der Waals surface area contributed by atoms with Gasteiger partial charge in [0, 0.05) is 42.3 Å². The molecule has 0 unspecified atom stereocenters. The Morgan fingerprint density at radius 3 is 2.82 bits per heavy atom. The minimum Gasteiger partial charge on any atom is -0.369 e. The molecule has 0 aliphatic carbocycles. The van der Waals surface area contributed by atoms with Crippen molar-refractivity contribution in [2.45, 2.75) is 19.6 Å². The summed E-state index contributed by atoms with van der Waals surface area (Å²) < 4.78 is 41.3. The van der Waals surface area contributed by atoms with Crippen LogP contribution in [0.2, 0.25) is 0 Å². The number of anilines is 2. The quantitative estimate of drug-likeness (QED) is 0.338. The van der Waals surface area contributed by atoms with E-state index in [1.807, 2.05) is 23.6 Å². The van der Waals surface area contributed by atoms with Gasteiger partial charge in [0.1, 0.15) is 22.8 Å². The lowest BCUT2D eigenvalue weighted by molar-refractivity contribution is -0.137. The van der Waals surface area contributed by atoms with Crippen molar-refractivity contribution in [3.8, 4) is 22.5 Å². The molecule has 14 heteroatoms. The van der Waals surface area contributed by atoms with Crippen molar-refractivity contribution >= 4 is 33.9 Å². The summed E-state index contributed by atoms with van der Waals surface area (Å²) in [4.78, 5) is 29.9. The van der Waals surface area contributed by atoms with Crippen LogP contribution < -0.4 is 16.3 Å². The van der Waals surface area contributed by atoms with Gasteiger partial charge in [0.2, 0.25) is 5.13 Å². The van der Waals surface area contributed by atoms with Gasteiger partial charge >= 0.3 is 6.18 Å². The lowest BCUT2D eigenvalue weighted by Gasteiger charge is -2.19. The Hall–Kier alpha value is -4.72. The second kappa shape index (κ2) is 9.54. The maximum Gasteiger partial charge on any atom is 0.416 e. The molecule has 0 radical (unpaired) electrons. The molecule has 10 nitrogen and oxygen atoms in total. The number of amides is 1. The molecule has 1 aromatic carbocycles. The molecule has 2 N–H and O–H groups in total. The molecule has 3 aromatic rings. The maximum atomic E-state index is 13.1. The molecule has 39 heavy (non-hydrogen) atoms. The molecule has 3 aliphatic heterocycles. The summed E-state index contributed by atoms with van der Waals surface area (Å²) >= 11 is 1.28. The highest BCUT2D eigenvalue weighted by Gasteiger charge is 2.31. The molecule has 2 aromatic heterocycles. The summed E-state index contributed by atoms with van der Waals surface area (Å²) in [6.45, 7) is 3.30. The number of hydrogen-bond donors (Lipinski definition) is 2. The van der Waals surface area contributed by atoms with Gasteiger partial charge in [0.25, 0.3) is 11.5 Å². The van der Waals surface area contributed by atoms with E-state index in [0.29, 0.717) is 29.7 Å². The molecule has 5 heterocycles. The fourth-order valence-corrected chi connectivity index (χ4v) is 4.75. The second-order valence-electron chi connectivity index (χ2n) is 8.68. The van der Waals surface area contributed by atoms with E-state index in [2.05, 4.69) is 40.8 Å². The summed E-state index contributed by atoms with van der Waals surface area (Å²) in [5.74, 6) is 0.802. The minimum absolute atomic E-state index is 0.276. The molecule has 0 saturated heterocycles. The molecular formula is C25H18F3N9OS. The molecule has 0 fully saturated rings. The first-order chi connectivity index (χ1) is 18.8. The number of pyridine rings is 2. The van der Waals surface area contributed by atoms with Crippen molar-refractivity contribution in [1.82, 2.24) is 29.7 Å². The first-order valence-corrected chi connectivity index (χ1v) is 12.6. The third-order valence-electron chi connectivity index (χ3n) is 6.14. The Balaban J connectivity index is 1.38. The third-order valence-corrected chi connectivity index (χ3v) is 6.72. The average Bonchev–Trinajstić information content (AvgIpc) is 3.62. The minimum atomic E-state index is -4.58. The van der Waals surface area contributed by atoms with Gasteiger partial charge in [0.15, 0.2) is 0 Å². The highest BCUT2D eigenvalue weighted by molar-refractivity contribution is 7.13.